The maximum atomic E-state index is 14.6. The zero-order valence-corrected chi connectivity index (χ0v) is 15.3. The average Bonchev–Trinajstić information content (AvgIpc) is 2.85. The van der Waals surface area contributed by atoms with Crippen LogP contribution >= 0.6 is 23.2 Å². The van der Waals surface area contributed by atoms with E-state index in [2.05, 4.69) is 21.7 Å². The fourth-order valence-electron chi connectivity index (χ4n) is 2.22. The molecule has 27 heavy (non-hydrogen) atoms. The molecule has 0 unspecified atom stereocenters. The van der Waals surface area contributed by atoms with Crippen LogP contribution in [0, 0.1) is 5.82 Å². The summed E-state index contributed by atoms with van der Waals surface area (Å²) in [4.78, 5) is 24.3. The van der Waals surface area contributed by atoms with Gasteiger partial charge in [0.1, 0.15) is 28.0 Å². The summed E-state index contributed by atoms with van der Waals surface area (Å²) in [7, 11) is 1.24. The van der Waals surface area contributed by atoms with Crippen LogP contribution in [0.2, 0.25) is 10.0 Å². The van der Waals surface area contributed by atoms with Gasteiger partial charge in [-0.05, 0) is 0 Å². The number of halogens is 5. The Kier molecular flexibility index (Phi) is 6.55. The van der Waals surface area contributed by atoms with Gasteiger partial charge in [0, 0.05) is 19.7 Å². The summed E-state index contributed by atoms with van der Waals surface area (Å²) in [6, 6.07) is 0.718. The van der Waals surface area contributed by atoms with Gasteiger partial charge in [-0.1, -0.05) is 29.3 Å². The second-order valence-electron chi connectivity index (χ2n) is 5.14. The molecule has 146 valence electrons. The minimum Gasteiger partial charge on any atom is -0.416 e. The molecule has 0 bridgehead atoms. The summed E-state index contributed by atoms with van der Waals surface area (Å²) in [5, 5.41) is 5.31. The van der Waals surface area contributed by atoms with E-state index in [1.54, 1.807) is 0 Å². The molecule has 7 nitrogen and oxygen atoms in total. The highest BCUT2D eigenvalue weighted by Gasteiger charge is 2.26. The molecule has 0 atom stereocenters. The molecule has 0 aliphatic rings. The molecule has 0 saturated heterocycles. The SMILES string of the molecule is C=CCNC(=O)Cn1c(-c2nn(C)c(OC(F)F)c2Cl)c(F)cc(Cl)c1=O. The third-order valence-corrected chi connectivity index (χ3v) is 3.92. The molecule has 12 heteroatoms. The molecule has 0 radical (unpaired) electrons. The summed E-state index contributed by atoms with van der Waals surface area (Å²) in [6.45, 7) is -0.273. The van der Waals surface area contributed by atoms with E-state index in [0.29, 0.717) is 4.57 Å². The molecular formula is C15H13Cl2F3N4O3. The number of hydrogen-bond donors (Lipinski definition) is 1. The molecule has 2 heterocycles. The lowest BCUT2D eigenvalue weighted by molar-refractivity contribution is -0.121. The van der Waals surface area contributed by atoms with E-state index in [0.717, 1.165) is 10.7 Å². The number of aromatic nitrogens is 3. The number of carbonyl (C=O) groups excluding carboxylic acids is 1. The molecule has 0 aromatic carbocycles. The minimum atomic E-state index is -3.20. The van der Waals surface area contributed by atoms with Gasteiger partial charge in [-0.25, -0.2) is 9.07 Å². The van der Waals surface area contributed by atoms with Gasteiger partial charge in [0.2, 0.25) is 11.8 Å². The minimum absolute atomic E-state index is 0.114. The van der Waals surface area contributed by atoms with Crippen molar-refractivity contribution in [3.63, 3.8) is 0 Å². The largest absolute Gasteiger partial charge is 0.416 e. The molecule has 0 fully saturated rings. The van der Waals surface area contributed by atoms with Crippen LogP contribution in [-0.2, 0) is 18.4 Å². The third kappa shape index (κ3) is 4.45. The first-order valence-corrected chi connectivity index (χ1v) is 8.07. The normalized spacial score (nSPS) is 10.9. The van der Waals surface area contributed by atoms with Crippen molar-refractivity contribution in [3.8, 4) is 17.3 Å². The number of nitrogens with one attached hydrogen (secondary N) is 1. The molecule has 2 rings (SSSR count). The zero-order chi connectivity index (χ0) is 20.3. The monoisotopic (exact) mass is 424 g/mol. The number of nitrogens with zero attached hydrogens (tertiary/aromatic N) is 3. The second-order valence-corrected chi connectivity index (χ2v) is 5.93. The second kappa shape index (κ2) is 8.49. The van der Waals surface area contributed by atoms with Gasteiger partial charge in [-0.3, -0.25) is 14.2 Å². The number of hydrogen-bond acceptors (Lipinski definition) is 4. The third-order valence-electron chi connectivity index (χ3n) is 3.31. The van der Waals surface area contributed by atoms with Crippen LogP contribution in [0.5, 0.6) is 5.88 Å². The smallest absolute Gasteiger partial charge is 0.388 e. The number of rotatable bonds is 7. The van der Waals surface area contributed by atoms with Crippen LogP contribution in [-0.4, -0.2) is 33.4 Å². The Morgan fingerprint density at radius 2 is 2.15 bits per heavy atom. The lowest BCUT2D eigenvalue weighted by Crippen LogP contribution is -2.34. The summed E-state index contributed by atoms with van der Waals surface area (Å²) in [5.41, 5.74) is -1.75. The maximum Gasteiger partial charge on any atom is 0.388 e. The number of amides is 1. The summed E-state index contributed by atoms with van der Waals surface area (Å²) in [6.07, 6.45) is 1.41. The fourth-order valence-corrected chi connectivity index (χ4v) is 2.72. The van der Waals surface area contributed by atoms with Gasteiger partial charge in [0.25, 0.3) is 5.56 Å². The van der Waals surface area contributed by atoms with E-state index in [-0.39, 0.29) is 12.2 Å². The summed E-state index contributed by atoms with van der Waals surface area (Å²) >= 11 is 11.7. The highest BCUT2D eigenvalue weighted by Crippen LogP contribution is 2.36. The quantitative estimate of drug-likeness (QED) is 0.692. The van der Waals surface area contributed by atoms with Crippen molar-refractivity contribution in [2.45, 2.75) is 13.2 Å². The molecular weight excluding hydrogens is 412 g/mol. The Balaban J connectivity index is 2.63. The molecule has 1 amide bonds. The van der Waals surface area contributed by atoms with E-state index in [1.807, 2.05) is 0 Å². The van der Waals surface area contributed by atoms with Crippen molar-refractivity contribution in [2.75, 3.05) is 6.54 Å². The van der Waals surface area contributed by atoms with E-state index in [4.69, 9.17) is 23.2 Å². The van der Waals surface area contributed by atoms with Crippen molar-refractivity contribution in [2.24, 2.45) is 7.05 Å². The Bertz CT molecular complexity index is 943. The Morgan fingerprint density at radius 3 is 2.74 bits per heavy atom. The highest BCUT2D eigenvalue weighted by atomic mass is 35.5. The number of aryl methyl sites for hydroxylation is 1. The van der Waals surface area contributed by atoms with Crippen molar-refractivity contribution in [1.29, 1.82) is 0 Å². The standard InChI is InChI=1S/C15H13Cl2F3N4O3/c1-3-4-21-9(25)6-24-12(8(18)5-7(16)13(24)26)11-10(17)14(23(2)22-11)27-15(19)20/h3,5,15H,1,4,6H2,2H3,(H,21,25). The molecule has 0 aliphatic carbocycles. The van der Waals surface area contributed by atoms with Crippen LogP contribution < -0.4 is 15.6 Å². The van der Waals surface area contributed by atoms with Crippen molar-refractivity contribution in [1.82, 2.24) is 19.7 Å². The molecule has 1 N–H and O–H groups in total. The summed E-state index contributed by atoms with van der Waals surface area (Å²) in [5.74, 6) is -2.21. The number of pyridine rings is 1. The fraction of sp³-hybridized carbons (Fsp3) is 0.267. The number of alkyl halides is 2. The maximum absolute atomic E-state index is 14.6. The Hall–Kier alpha value is -2.46. The van der Waals surface area contributed by atoms with Crippen LogP contribution in [0.3, 0.4) is 0 Å². The van der Waals surface area contributed by atoms with Crippen molar-refractivity contribution in [3.05, 3.63) is 44.9 Å². The van der Waals surface area contributed by atoms with Crippen LogP contribution in [0.15, 0.2) is 23.5 Å². The molecule has 0 saturated carbocycles. The van der Waals surface area contributed by atoms with E-state index in [1.165, 1.54) is 13.1 Å². The van der Waals surface area contributed by atoms with Gasteiger partial charge >= 0.3 is 6.61 Å². The van der Waals surface area contributed by atoms with E-state index >= 15 is 0 Å². The van der Waals surface area contributed by atoms with Crippen molar-refractivity contribution < 1.29 is 22.7 Å². The van der Waals surface area contributed by atoms with E-state index < -0.39 is 52.1 Å². The number of carbonyl (C=O) groups is 1. The Morgan fingerprint density at radius 1 is 1.48 bits per heavy atom. The van der Waals surface area contributed by atoms with Gasteiger partial charge in [-0.15, -0.1) is 6.58 Å². The predicted octanol–water partition coefficient (Wildman–Crippen LogP) is 2.60. The van der Waals surface area contributed by atoms with Crippen LogP contribution in [0.1, 0.15) is 0 Å². The van der Waals surface area contributed by atoms with Gasteiger partial charge in [0.05, 0.1) is 0 Å². The zero-order valence-electron chi connectivity index (χ0n) is 13.8. The first-order chi connectivity index (χ1) is 12.7. The first kappa shape index (κ1) is 20.8. The van der Waals surface area contributed by atoms with Gasteiger partial charge in [-0.2, -0.15) is 13.9 Å². The number of ether oxygens (including phenoxy) is 1. The van der Waals surface area contributed by atoms with Gasteiger partial charge in [0.15, 0.2) is 5.82 Å². The predicted molar refractivity (Wildman–Crippen MR) is 92.7 cm³/mol. The van der Waals surface area contributed by atoms with Crippen LogP contribution in [0.4, 0.5) is 13.2 Å². The molecule has 2 aromatic rings. The lowest BCUT2D eigenvalue weighted by atomic mass is 10.2. The summed E-state index contributed by atoms with van der Waals surface area (Å²) < 4.78 is 45.4. The highest BCUT2D eigenvalue weighted by molar-refractivity contribution is 6.34. The molecule has 0 spiro atoms. The average molecular weight is 425 g/mol. The Labute approximate surface area is 160 Å². The first-order valence-electron chi connectivity index (χ1n) is 7.31. The van der Waals surface area contributed by atoms with Gasteiger partial charge < -0.3 is 10.1 Å². The molecule has 2 aromatic heterocycles. The topological polar surface area (TPSA) is 78.2 Å². The van der Waals surface area contributed by atoms with Crippen molar-refractivity contribution >= 4 is 29.1 Å². The molecule has 0 aliphatic heterocycles. The van der Waals surface area contributed by atoms with E-state index in [9.17, 15) is 22.8 Å². The lowest BCUT2D eigenvalue weighted by Gasteiger charge is -2.13. The van der Waals surface area contributed by atoms with Crippen LogP contribution in [0.25, 0.3) is 11.4 Å².